The van der Waals surface area contributed by atoms with Crippen LogP contribution in [0.3, 0.4) is 0 Å². The quantitative estimate of drug-likeness (QED) is 0.627. The second kappa shape index (κ2) is 6.83. The standard InChI is InChI=1S/C12H18BrNO3/c1-8(2)7-17-14-6-9-4-10(13)12(15)11(5-9)16-3/h4-5,8,14-15H,6-7H2,1-3H3. The maximum atomic E-state index is 9.64. The van der Waals surface area contributed by atoms with Crippen LogP contribution in [0.25, 0.3) is 0 Å². The van der Waals surface area contributed by atoms with Crippen molar-refractivity contribution in [3.63, 3.8) is 0 Å². The molecule has 0 atom stereocenters. The Morgan fingerprint density at radius 3 is 2.71 bits per heavy atom. The van der Waals surface area contributed by atoms with Crippen LogP contribution in [0.1, 0.15) is 19.4 Å². The van der Waals surface area contributed by atoms with Gasteiger partial charge < -0.3 is 14.7 Å². The largest absolute Gasteiger partial charge is 0.503 e. The molecule has 0 bridgehead atoms. The Hall–Kier alpha value is -0.780. The molecule has 0 saturated heterocycles. The molecule has 0 aromatic heterocycles. The van der Waals surface area contributed by atoms with Crippen molar-refractivity contribution in [2.75, 3.05) is 13.7 Å². The Bertz CT molecular complexity index is 369. The highest BCUT2D eigenvalue weighted by Gasteiger charge is 2.08. The van der Waals surface area contributed by atoms with Crippen LogP contribution in [0.5, 0.6) is 11.5 Å². The first-order chi connectivity index (χ1) is 8.04. The first kappa shape index (κ1) is 14.3. The zero-order chi connectivity index (χ0) is 12.8. The molecule has 1 aromatic rings. The highest BCUT2D eigenvalue weighted by Crippen LogP contribution is 2.35. The fraction of sp³-hybridized carbons (Fsp3) is 0.500. The number of phenols is 1. The summed E-state index contributed by atoms with van der Waals surface area (Å²) >= 11 is 3.27. The van der Waals surface area contributed by atoms with Gasteiger partial charge in [-0.1, -0.05) is 13.8 Å². The number of hydroxylamine groups is 1. The highest BCUT2D eigenvalue weighted by atomic mass is 79.9. The van der Waals surface area contributed by atoms with Crippen LogP contribution in [0.2, 0.25) is 0 Å². The average molecular weight is 304 g/mol. The molecular formula is C12H18BrNO3. The molecule has 96 valence electrons. The van der Waals surface area contributed by atoms with E-state index in [1.54, 1.807) is 6.07 Å². The number of rotatable bonds is 6. The lowest BCUT2D eigenvalue weighted by Gasteiger charge is -2.11. The van der Waals surface area contributed by atoms with Gasteiger partial charge in [-0.05, 0) is 39.5 Å². The number of phenolic OH excluding ortho intramolecular Hbond substituents is 1. The lowest BCUT2D eigenvalue weighted by atomic mass is 10.2. The minimum absolute atomic E-state index is 0.111. The van der Waals surface area contributed by atoms with Crippen molar-refractivity contribution in [2.24, 2.45) is 5.92 Å². The summed E-state index contributed by atoms with van der Waals surface area (Å²) in [6.45, 7) is 5.39. The summed E-state index contributed by atoms with van der Waals surface area (Å²) < 4.78 is 5.67. The second-order valence-corrected chi connectivity index (χ2v) is 5.01. The minimum atomic E-state index is 0.111. The van der Waals surface area contributed by atoms with E-state index < -0.39 is 0 Å². The van der Waals surface area contributed by atoms with Crippen LogP contribution in [0.15, 0.2) is 16.6 Å². The van der Waals surface area contributed by atoms with Crippen molar-refractivity contribution < 1.29 is 14.7 Å². The topological polar surface area (TPSA) is 50.7 Å². The lowest BCUT2D eigenvalue weighted by Crippen LogP contribution is -2.17. The van der Waals surface area contributed by atoms with Gasteiger partial charge in [0.2, 0.25) is 0 Å². The Kier molecular flexibility index (Phi) is 5.74. The van der Waals surface area contributed by atoms with Crippen molar-refractivity contribution in [3.8, 4) is 11.5 Å². The number of nitrogens with one attached hydrogen (secondary N) is 1. The van der Waals surface area contributed by atoms with Crippen molar-refractivity contribution in [3.05, 3.63) is 22.2 Å². The summed E-state index contributed by atoms with van der Waals surface area (Å²) in [6.07, 6.45) is 0. The van der Waals surface area contributed by atoms with E-state index in [0.29, 0.717) is 29.3 Å². The average Bonchev–Trinajstić information content (AvgIpc) is 2.28. The van der Waals surface area contributed by atoms with Gasteiger partial charge in [-0.15, -0.1) is 0 Å². The van der Waals surface area contributed by atoms with Crippen molar-refractivity contribution in [1.29, 1.82) is 0 Å². The molecule has 0 unspecified atom stereocenters. The van der Waals surface area contributed by atoms with E-state index in [-0.39, 0.29) is 5.75 Å². The Balaban J connectivity index is 2.57. The van der Waals surface area contributed by atoms with Crippen molar-refractivity contribution >= 4 is 15.9 Å². The van der Waals surface area contributed by atoms with E-state index >= 15 is 0 Å². The van der Waals surface area contributed by atoms with Gasteiger partial charge in [-0.3, -0.25) is 0 Å². The number of aromatic hydroxyl groups is 1. The molecule has 4 nitrogen and oxygen atoms in total. The van der Waals surface area contributed by atoms with E-state index in [0.717, 1.165) is 5.56 Å². The van der Waals surface area contributed by atoms with Gasteiger partial charge in [-0.2, -0.15) is 5.48 Å². The number of hydrogen-bond donors (Lipinski definition) is 2. The van der Waals surface area contributed by atoms with Gasteiger partial charge >= 0.3 is 0 Å². The maximum Gasteiger partial charge on any atom is 0.172 e. The van der Waals surface area contributed by atoms with E-state index in [4.69, 9.17) is 9.57 Å². The predicted molar refractivity (Wildman–Crippen MR) is 70.0 cm³/mol. The third-order valence-electron chi connectivity index (χ3n) is 2.10. The predicted octanol–water partition coefficient (Wildman–Crippen LogP) is 2.84. The van der Waals surface area contributed by atoms with Crippen LogP contribution in [0, 0.1) is 5.92 Å². The molecule has 0 heterocycles. The summed E-state index contributed by atoms with van der Waals surface area (Å²) in [6, 6.07) is 3.59. The smallest absolute Gasteiger partial charge is 0.172 e. The molecule has 1 aromatic carbocycles. The first-order valence-corrected chi connectivity index (χ1v) is 6.24. The summed E-state index contributed by atoms with van der Waals surface area (Å²) in [5.74, 6) is 1.04. The molecule has 0 spiro atoms. The number of benzene rings is 1. The van der Waals surface area contributed by atoms with Crippen LogP contribution < -0.4 is 10.2 Å². The lowest BCUT2D eigenvalue weighted by molar-refractivity contribution is 0.0196. The zero-order valence-electron chi connectivity index (χ0n) is 10.3. The number of ether oxygens (including phenoxy) is 1. The van der Waals surface area contributed by atoms with Crippen molar-refractivity contribution in [2.45, 2.75) is 20.4 Å². The van der Waals surface area contributed by atoms with Gasteiger partial charge in [0.25, 0.3) is 0 Å². The Morgan fingerprint density at radius 2 is 2.12 bits per heavy atom. The summed E-state index contributed by atoms with van der Waals surface area (Å²) in [5.41, 5.74) is 3.84. The molecular weight excluding hydrogens is 286 g/mol. The molecule has 0 radical (unpaired) electrons. The molecule has 0 fully saturated rings. The highest BCUT2D eigenvalue weighted by molar-refractivity contribution is 9.10. The van der Waals surface area contributed by atoms with Crippen LogP contribution in [-0.2, 0) is 11.4 Å². The monoisotopic (exact) mass is 303 g/mol. The van der Waals surface area contributed by atoms with Gasteiger partial charge in [0.1, 0.15) is 0 Å². The molecule has 17 heavy (non-hydrogen) atoms. The molecule has 0 aliphatic carbocycles. The molecule has 0 saturated carbocycles. The van der Waals surface area contributed by atoms with E-state index in [1.807, 2.05) is 6.07 Å². The SMILES string of the molecule is COc1cc(CNOCC(C)C)cc(Br)c1O. The maximum absolute atomic E-state index is 9.64. The molecule has 2 N–H and O–H groups in total. The van der Waals surface area contributed by atoms with E-state index in [9.17, 15) is 5.11 Å². The fourth-order valence-corrected chi connectivity index (χ4v) is 1.73. The summed E-state index contributed by atoms with van der Waals surface area (Å²) in [5, 5.41) is 9.64. The molecule has 0 aliphatic rings. The van der Waals surface area contributed by atoms with Crippen LogP contribution in [0.4, 0.5) is 0 Å². The molecule has 0 aliphatic heterocycles. The third kappa shape index (κ3) is 4.53. The fourth-order valence-electron chi connectivity index (χ4n) is 1.24. The Morgan fingerprint density at radius 1 is 1.41 bits per heavy atom. The Labute approximate surface area is 110 Å². The number of hydrogen-bond acceptors (Lipinski definition) is 4. The summed E-state index contributed by atoms with van der Waals surface area (Å²) in [7, 11) is 1.52. The van der Waals surface area contributed by atoms with E-state index in [2.05, 4.69) is 35.3 Å². The summed E-state index contributed by atoms with van der Waals surface area (Å²) in [4.78, 5) is 5.27. The van der Waals surface area contributed by atoms with Crippen LogP contribution in [-0.4, -0.2) is 18.8 Å². The second-order valence-electron chi connectivity index (χ2n) is 4.15. The van der Waals surface area contributed by atoms with Gasteiger partial charge in [0.05, 0.1) is 18.2 Å². The minimum Gasteiger partial charge on any atom is -0.503 e. The number of methoxy groups -OCH3 is 1. The third-order valence-corrected chi connectivity index (χ3v) is 2.71. The van der Waals surface area contributed by atoms with Crippen LogP contribution >= 0.6 is 15.9 Å². The molecule has 5 heteroatoms. The zero-order valence-corrected chi connectivity index (χ0v) is 11.9. The number of halogens is 1. The first-order valence-electron chi connectivity index (χ1n) is 5.44. The molecule has 0 amide bonds. The van der Waals surface area contributed by atoms with Gasteiger partial charge in [0, 0.05) is 6.54 Å². The molecule has 1 rings (SSSR count). The van der Waals surface area contributed by atoms with Gasteiger partial charge in [-0.25, -0.2) is 0 Å². The van der Waals surface area contributed by atoms with E-state index in [1.165, 1.54) is 7.11 Å². The normalized spacial score (nSPS) is 10.9. The van der Waals surface area contributed by atoms with Gasteiger partial charge in [0.15, 0.2) is 11.5 Å². The van der Waals surface area contributed by atoms with Crippen molar-refractivity contribution in [1.82, 2.24) is 5.48 Å².